The van der Waals surface area contributed by atoms with Gasteiger partial charge in [0.25, 0.3) is 0 Å². The molecule has 116 valence electrons. The molecule has 8 heteroatoms. The molecule has 1 unspecified atom stereocenters. The van der Waals surface area contributed by atoms with Crippen molar-refractivity contribution in [3.63, 3.8) is 0 Å². The second-order valence-corrected chi connectivity index (χ2v) is 5.24. The minimum absolute atomic E-state index is 0.0289. The average molecular weight is 307 g/mol. The van der Waals surface area contributed by atoms with Crippen LogP contribution in [-0.4, -0.2) is 26.1 Å². The Morgan fingerprint density at radius 1 is 1.36 bits per heavy atom. The van der Waals surface area contributed by atoms with Crippen molar-refractivity contribution in [3.8, 4) is 0 Å². The fraction of sp³-hybridized carbons (Fsp3) is 0.357. The molecule has 0 radical (unpaired) electrons. The number of fused-ring (bicyclic) bond motifs is 1. The number of aryl methyl sites for hydroxylation is 1. The minimum Gasteiger partial charge on any atom is -0.392 e. The number of carbonyl (C=O) groups is 2. The fourth-order valence-electron chi connectivity index (χ4n) is 2.82. The Kier molecular flexibility index (Phi) is 3.32. The molecular formula is C14H14FN3O4. The van der Waals surface area contributed by atoms with Gasteiger partial charge in [0.2, 0.25) is 11.8 Å². The number of imidazole rings is 1. The van der Waals surface area contributed by atoms with Gasteiger partial charge >= 0.3 is 5.69 Å². The number of imide groups is 1. The van der Waals surface area contributed by atoms with Crippen LogP contribution < -0.4 is 11.0 Å². The molecule has 1 fully saturated rings. The first-order valence-corrected chi connectivity index (χ1v) is 6.78. The second-order valence-electron chi connectivity index (χ2n) is 5.24. The summed E-state index contributed by atoms with van der Waals surface area (Å²) in [7, 11) is 1.40. The van der Waals surface area contributed by atoms with Gasteiger partial charge in [-0.15, -0.1) is 0 Å². The zero-order chi connectivity index (χ0) is 16.0. The van der Waals surface area contributed by atoms with Crippen LogP contribution in [0.5, 0.6) is 0 Å². The molecule has 7 nitrogen and oxygen atoms in total. The molecule has 1 atom stereocenters. The van der Waals surface area contributed by atoms with Gasteiger partial charge in [0, 0.05) is 19.0 Å². The number of piperidine rings is 1. The van der Waals surface area contributed by atoms with Crippen molar-refractivity contribution in [3.05, 3.63) is 34.0 Å². The molecular weight excluding hydrogens is 293 g/mol. The van der Waals surface area contributed by atoms with Crippen LogP contribution >= 0.6 is 0 Å². The summed E-state index contributed by atoms with van der Waals surface area (Å²) in [4.78, 5) is 35.6. The van der Waals surface area contributed by atoms with Gasteiger partial charge in [0.15, 0.2) is 5.82 Å². The Bertz CT molecular complexity index is 852. The van der Waals surface area contributed by atoms with Crippen molar-refractivity contribution in [1.29, 1.82) is 0 Å². The highest BCUT2D eigenvalue weighted by molar-refractivity contribution is 6.00. The number of rotatable bonds is 2. The van der Waals surface area contributed by atoms with Crippen LogP contribution in [0.25, 0.3) is 11.0 Å². The lowest BCUT2D eigenvalue weighted by atomic mass is 10.1. The molecule has 2 amide bonds. The summed E-state index contributed by atoms with van der Waals surface area (Å²) in [6.07, 6.45) is 0.309. The molecule has 0 saturated carbocycles. The third kappa shape index (κ3) is 1.95. The summed E-state index contributed by atoms with van der Waals surface area (Å²) in [5.41, 5.74) is -0.181. The van der Waals surface area contributed by atoms with Gasteiger partial charge in [-0.1, -0.05) is 6.07 Å². The Morgan fingerprint density at radius 2 is 2.09 bits per heavy atom. The number of aliphatic hydroxyl groups excluding tert-OH is 1. The lowest BCUT2D eigenvalue weighted by molar-refractivity contribution is -0.135. The summed E-state index contributed by atoms with van der Waals surface area (Å²) in [6, 6.07) is 2.02. The molecule has 3 rings (SSSR count). The molecule has 0 spiro atoms. The van der Waals surface area contributed by atoms with Crippen molar-refractivity contribution in [1.82, 2.24) is 14.5 Å². The van der Waals surface area contributed by atoms with Crippen LogP contribution in [0.4, 0.5) is 4.39 Å². The Labute approximate surface area is 124 Å². The smallest absolute Gasteiger partial charge is 0.329 e. The lowest BCUT2D eigenvalue weighted by Crippen LogP contribution is -2.44. The molecule has 0 bridgehead atoms. The van der Waals surface area contributed by atoms with Crippen LogP contribution in [0.2, 0.25) is 0 Å². The van der Waals surface area contributed by atoms with Crippen molar-refractivity contribution in [2.75, 3.05) is 0 Å². The Hall–Kier alpha value is -2.48. The average Bonchev–Trinajstić information content (AvgIpc) is 2.73. The fourth-order valence-corrected chi connectivity index (χ4v) is 2.82. The highest BCUT2D eigenvalue weighted by Crippen LogP contribution is 2.25. The normalized spacial score (nSPS) is 18.8. The number of hydrogen-bond acceptors (Lipinski definition) is 4. The molecule has 2 aromatic rings. The third-order valence-electron chi connectivity index (χ3n) is 3.95. The summed E-state index contributed by atoms with van der Waals surface area (Å²) in [5.74, 6) is -1.65. The summed E-state index contributed by atoms with van der Waals surface area (Å²) in [5, 5.41) is 11.3. The first-order chi connectivity index (χ1) is 10.5. The van der Waals surface area contributed by atoms with E-state index in [-0.39, 0.29) is 35.3 Å². The number of halogens is 1. The van der Waals surface area contributed by atoms with Gasteiger partial charge in [-0.25, -0.2) is 9.18 Å². The molecule has 1 aliphatic heterocycles. The zero-order valence-electron chi connectivity index (χ0n) is 11.8. The molecule has 1 aliphatic rings. The Balaban J connectivity index is 2.25. The van der Waals surface area contributed by atoms with Crippen LogP contribution in [0.3, 0.4) is 0 Å². The van der Waals surface area contributed by atoms with E-state index >= 15 is 0 Å². The van der Waals surface area contributed by atoms with E-state index in [2.05, 4.69) is 5.32 Å². The first kappa shape index (κ1) is 14.5. The van der Waals surface area contributed by atoms with Gasteiger partial charge in [0.1, 0.15) is 11.6 Å². The molecule has 1 aromatic carbocycles. The number of nitrogens with one attached hydrogen (secondary N) is 1. The van der Waals surface area contributed by atoms with E-state index in [1.54, 1.807) is 0 Å². The maximum atomic E-state index is 14.4. The first-order valence-electron chi connectivity index (χ1n) is 6.78. The van der Waals surface area contributed by atoms with E-state index in [0.29, 0.717) is 0 Å². The summed E-state index contributed by atoms with van der Waals surface area (Å²) in [6.45, 7) is -0.487. The van der Waals surface area contributed by atoms with Crippen molar-refractivity contribution in [2.24, 2.45) is 7.05 Å². The van der Waals surface area contributed by atoms with Crippen LogP contribution in [0, 0.1) is 5.82 Å². The van der Waals surface area contributed by atoms with E-state index in [9.17, 15) is 18.8 Å². The van der Waals surface area contributed by atoms with Gasteiger partial charge in [-0.2, -0.15) is 0 Å². The molecule has 1 saturated heterocycles. The third-order valence-corrected chi connectivity index (χ3v) is 3.95. The molecule has 22 heavy (non-hydrogen) atoms. The van der Waals surface area contributed by atoms with E-state index in [4.69, 9.17) is 5.11 Å². The van der Waals surface area contributed by atoms with E-state index in [1.807, 2.05) is 0 Å². The van der Waals surface area contributed by atoms with Crippen LogP contribution in [-0.2, 0) is 23.2 Å². The van der Waals surface area contributed by atoms with Crippen LogP contribution in [0.1, 0.15) is 24.4 Å². The SMILES string of the molecule is Cn1c(=O)n(C2CCC(=O)NC2=O)c2ccc(CO)c(F)c21. The number of benzene rings is 1. The second kappa shape index (κ2) is 5.06. The van der Waals surface area contributed by atoms with E-state index in [0.717, 1.165) is 4.57 Å². The van der Waals surface area contributed by atoms with E-state index < -0.39 is 30.1 Å². The number of amides is 2. The highest BCUT2D eigenvalue weighted by atomic mass is 19.1. The molecule has 2 N–H and O–H groups in total. The van der Waals surface area contributed by atoms with Gasteiger partial charge < -0.3 is 5.11 Å². The van der Waals surface area contributed by atoms with Crippen molar-refractivity contribution in [2.45, 2.75) is 25.5 Å². The summed E-state index contributed by atoms with van der Waals surface area (Å²) < 4.78 is 16.7. The quantitative estimate of drug-likeness (QED) is 0.761. The maximum absolute atomic E-state index is 14.4. The Morgan fingerprint density at radius 3 is 2.73 bits per heavy atom. The largest absolute Gasteiger partial charge is 0.392 e. The van der Waals surface area contributed by atoms with Gasteiger partial charge in [0.05, 0.1) is 12.1 Å². The zero-order valence-corrected chi connectivity index (χ0v) is 11.8. The molecule has 2 heterocycles. The monoisotopic (exact) mass is 307 g/mol. The number of hydrogen-bond donors (Lipinski definition) is 2. The number of carbonyl (C=O) groups excluding carboxylic acids is 2. The van der Waals surface area contributed by atoms with Gasteiger partial charge in [-0.05, 0) is 12.5 Å². The number of aromatic nitrogens is 2. The molecule has 1 aromatic heterocycles. The minimum atomic E-state index is -0.853. The summed E-state index contributed by atoms with van der Waals surface area (Å²) >= 11 is 0. The van der Waals surface area contributed by atoms with Gasteiger partial charge in [-0.3, -0.25) is 24.0 Å². The van der Waals surface area contributed by atoms with Crippen molar-refractivity contribution >= 4 is 22.8 Å². The highest BCUT2D eigenvalue weighted by Gasteiger charge is 2.31. The predicted molar refractivity (Wildman–Crippen MR) is 74.5 cm³/mol. The predicted octanol–water partition coefficient (Wildman–Crippen LogP) is -0.0509. The number of aliphatic hydroxyl groups is 1. The topological polar surface area (TPSA) is 93.3 Å². The maximum Gasteiger partial charge on any atom is 0.329 e. The number of nitrogens with zero attached hydrogens (tertiary/aromatic N) is 2. The molecule has 0 aliphatic carbocycles. The van der Waals surface area contributed by atoms with Crippen LogP contribution in [0.15, 0.2) is 16.9 Å². The van der Waals surface area contributed by atoms with Crippen molar-refractivity contribution < 1.29 is 19.1 Å². The van der Waals surface area contributed by atoms with E-state index in [1.165, 1.54) is 23.7 Å². The lowest BCUT2D eigenvalue weighted by Gasteiger charge is -2.21. The standard InChI is InChI=1S/C14H14FN3O4/c1-17-12-8(3-2-7(6-19)11(12)15)18(14(17)22)9-4-5-10(20)16-13(9)21/h2-3,9,19H,4-6H2,1H3,(H,16,20,21).